The van der Waals surface area contributed by atoms with Crippen molar-refractivity contribution in [1.82, 2.24) is 0 Å². The summed E-state index contributed by atoms with van der Waals surface area (Å²) in [5.74, 6) is -0.284. The summed E-state index contributed by atoms with van der Waals surface area (Å²) in [4.78, 5) is 12.0. The van der Waals surface area contributed by atoms with Gasteiger partial charge in [-0.3, -0.25) is 4.79 Å². The Labute approximate surface area is 130 Å². The first-order chi connectivity index (χ1) is 10.6. The number of carbonyl (C=O) groups excluding carboxylic acids is 1. The van der Waals surface area contributed by atoms with Crippen molar-refractivity contribution in [2.24, 2.45) is 5.92 Å². The van der Waals surface area contributed by atoms with Crippen LogP contribution in [0.3, 0.4) is 0 Å². The maximum absolute atomic E-state index is 12.0. The van der Waals surface area contributed by atoms with Gasteiger partial charge in [0.2, 0.25) is 0 Å². The smallest absolute Gasteiger partial charge is 0.308 e. The van der Waals surface area contributed by atoms with Gasteiger partial charge in [0, 0.05) is 5.56 Å². The molecule has 3 rings (SSSR count). The SMILES string of the molecule is CC(C)C(=O)OC(C)c1c2ccccc2cc2ccccc12. The van der Waals surface area contributed by atoms with Gasteiger partial charge in [0.15, 0.2) is 0 Å². The zero-order valence-electron chi connectivity index (χ0n) is 13.2. The second-order valence-electron chi connectivity index (χ2n) is 5.97. The zero-order chi connectivity index (χ0) is 15.7. The molecule has 1 atom stereocenters. The van der Waals surface area contributed by atoms with Crippen LogP contribution in [0, 0.1) is 5.92 Å². The lowest BCUT2D eigenvalue weighted by molar-refractivity contribution is -0.152. The maximum atomic E-state index is 12.0. The van der Waals surface area contributed by atoms with Crippen molar-refractivity contribution in [3.63, 3.8) is 0 Å². The molecule has 0 bridgehead atoms. The molecule has 22 heavy (non-hydrogen) atoms. The molecule has 0 heterocycles. The van der Waals surface area contributed by atoms with Gasteiger partial charge in [0.1, 0.15) is 6.10 Å². The number of esters is 1. The summed E-state index contributed by atoms with van der Waals surface area (Å²) in [7, 11) is 0. The van der Waals surface area contributed by atoms with Gasteiger partial charge < -0.3 is 4.74 Å². The van der Waals surface area contributed by atoms with E-state index >= 15 is 0 Å². The van der Waals surface area contributed by atoms with E-state index in [1.807, 2.05) is 45.0 Å². The average Bonchev–Trinajstić information content (AvgIpc) is 2.52. The molecule has 112 valence electrons. The molecule has 0 N–H and O–H groups in total. The summed E-state index contributed by atoms with van der Waals surface area (Å²) in [6.45, 7) is 5.67. The molecular weight excluding hydrogens is 272 g/mol. The Kier molecular flexibility index (Phi) is 3.84. The Morgan fingerprint density at radius 2 is 1.36 bits per heavy atom. The Bertz CT molecular complexity index is 779. The highest BCUT2D eigenvalue weighted by atomic mass is 16.5. The first-order valence-electron chi connectivity index (χ1n) is 7.69. The Hall–Kier alpha value is -2.35. The Morgan fingerprint density at radius 1 is 0.864 bits per heavy atom. The second-order valence-corrected chi connectivity index (χ2v) is 5.97. The molecule has 0 aromatic heterocycles. The Balaban J connectivity index is 2.21. The van der Waals surface area contributed by atoms with Gasteiger partial charge in [-0.15, -0.1) is 0 Å². The predicted octanol–water partition coefficient (Wildman–Crippen LogP) is 5.25. The summed E-state index contributed by atoms with van der Waals surface area (Å²) >= 11 is 0. The van der Waals surface area contributed by atoms with E-state index in [0.29, 0.717) is 0 Å². The van der Waals surface area contributed by atoms with Crippen molar-refractivity contribution < 1.29 is 9.53 Å². The number of carbonyl (C=O) groups is 1. The van der Waals surface area contributed by atoms with E-state index < -0.39 is 0 Å². The van der Waals surface area contributed by atoms with E-state index in [-0.39, 0.29) is 18.0 Å². The van der Waals surface area contributed by atoms with Gasteiger partial charge in [-0.25, -0.2) is 0 Å². The lowest BCUT2D eigenvalue weighted by Gasteiger charge is -2.19. The van der Waals surface area contributed by atoms with Crippen LogP contribution in [0.5, 0.6) is 0 Å². The van der Waals surface area contributed by atoms with Crippen LogP contribution < -0.4 is 0 Å². The topological polar surface area (TPSA) is 26.3 Å². The minimum absolute atomic E-state index is 0.122. The monoisotopic (exact) mass is 292 g/mol. The minimum atomic E-state index is -0.272. The van der Waals surface area contributed by atoms with Crippen LogP contribution in [-0.2, 0) is 9.53 Å². The van der Waals surface area contributed by atoms with E-state index in [4.69, 9.17) is 4.74 Å². The number of fused-ring (bicyclic) bond motifs is 2. The zero-order valence-corrected chi connectivity index (χ0v) is 13.2. The lowest BCUT2D eigenvalue weighted by atomic mass is 9.94. The summed E-state index contributed by atoms with van der Waals surface area (Å²) < 4.78 is 5.68. The first-order valence-corrected chi connectivity index (χ1v) is 7.69. The first kappa shape index (κ1) is 14.6. The fourth-order valence-electron chi connectivity index (χ4n) is 2.86. The fraction of sp³-hybridized carbons (Fsp3) is 0.250. The van der Waals surface area contributed by atoms with Crippen LogP contribution in [-0.4, -0.2) is 5.97 Å². The van der Waals surface area contributed by atoms with Gasteiger partial charge in [0.05, 0.1) is 5.92 Å². The second kappa shape index (κ2) is 5.80. The van der Waals surface area contributed by atoms with Crippen LogP contribution >= 0.6 is 0 Å². The lowest BCUT2D eigenvalue weighted by Crippen LogP contribution is -2.14. The average molecular weight is 292 g/mol. The predicted molar refractivity (Wildman–Crippen MR) is 90.8 cm³/mol. The molecule has 0 aliphatic heterocycles. The van der Waals surface area contributed by atoms with Crippen molar-refractivity contribution in [2.45, 2.75) is 26.9 Å². The molecule has 0 aliphatic rings. The van der Waals surface area contributed by atoms with Gasteiger partial charge in [-0.2, -0.15) is 0 Å². The van der Waals surface area contributed by atoms with Crippen molar-refractivity contribution >= 4 is 27.5 Å². The van der Waals surface area contributed by atoms with E-state index in [2.05, 4.69) is 30.3 Å². The molecule has 3 aromatic carbocycles. The van der Waals surface area contributed by atoms with Crippen molar-refractivity contribution in [3.05, 3.63) is 60.2 Å². The quantitative estimate of drug-likeness (QED) is 0.486. The molecule has 0 spiro atoms. The van der Waals surface area contributed by atoms with Gasteiger partial charge in [-0.1, -0.05) is 62.4 Å². The third kappa shape index (κ3) is 2.57. The highest BCUT2D eigenvalue weighted by Gasteiger charge is 2.19. The molecule has 0 fully saturated rings. The molecule has 0 radical (unpaired) electrons. The molecule has 2 nitrogen and oxygen atoms in total. The number of hydrogen-bond donors (Lipinski definition) is 0. The maximum Gasteiger partial charge on any atom is 0.308 e. The van der Waals surface area contributed by atoms with Crippen molar-refractivity contribution in [3.8, 4) is 0 Å². The van der Waals surface area contributed by atoms with Gasteiger partial charge in [0.25, 0.3) is 0 Å². The highest BCUT2D eigenvalue weighted by Crippen LogP contribution is 2.34. The van der Waals surface area contributed by atoms with Crippen molar-refractivity contribution in [2.75, 3.05) is 0 Å². The number of rotatable bonds is 3. The fourth-order valence-corrected chi connectivity index (χ4v) is 2.86. The molecule has 2 heteroatoms. The third-order valence-corrected chi connectivity index (χ3v) is 3.98. The van der Waals surface area contributed by atoms with Gasteiger partial charge >= 0.3 is 5.97 Å². The van der Waals surface area contributed by atoms with Crippen LogP contribution in [0.1, 0.15) is 32.4 Å². The van der Waals surface area contributed by atoms with E-state index in [1.54, 1.807) is 0 Å². The normalized spacial score (nSPS) is 12.7. The van der Waals surface area contributed by atoms with E-state index in [0.717, 1.165) is 16.3 Å². The molecule has 3 aromatic rings. The van der Waals surface area contributed by atoms with Crippen LogP contribution in [0.15, 0.2) is 54.6 Å². The summed E-state index contributed by atoms with van der Waals surface area (Å²) in [6, 6.07) is 18.7. The summed E-state index contributed by atoms with van der Waals surface area (Å²) in [5, 5.41) is 4.63. The minimum Gasteiger partial charge on any atom is -0.458 e. The third-order valence-electron chi connectivity index (χ3n) is 3.98. The number of benzene rings is 3. The molecule has 0 amide bonds. The van der Waals surface area contributed by atoms with E-state index in [9.17, 15) is 4.79 Å². The molecule has 0 saturated heterocycles. The molecule has 0 saturated carbocycles. The number of hydrogen-bond acceptors (Lipinski definition) is 2. The molecular formula is C20H20O2. The van der Waals surface area contributed by atoms with E-state index in [1.165, 1.54) is 10.8 Å². The van der Waals surface area contributed by atoms with Gasteiger partial charge in [-0.05, 0) is 34.5 Å². The van der Waals surface area contributed by atoms with Crippen LogP contribution in [0.4, 0.5) is 0 Å². The Morgan fingerprint density at radius 3 is 1.86 bits per heavy atom. The summed E-state index contributed by atoms with van der Waals surface area (Å²) in [6.07, 6.45) is -0.272. The van der Waals surface area contributed by atoms with Crippen LogP contribution in [0.2, 0.25) is 0 Å². The molecule has 1 unspecified atom stereocenters. The van der Waals surface area contributed by atoms with Crippen LogP contribution in [0.25, 0.3) is 21.5 Å². The largest absolute Gasteiger partial charge is 0.458 e. The van der Waals surface area contributed by atoms with Crippen molar-refractivity contribution in [1.29, 1.82) is 0 Å². The highest BCUT2D eigenvalue weighted by molar-refractivity contribution is 6.02. The number of ether oxygens (including phenoxy) is 1. The molecule has 0 aliphatic carbocycles. The standard InChI is InChI=1S/C20H20O2/c1-13(2)20(21)22-14(3)19-17-10-6-4-8-15(17)12-16-9-5-7-11-18(16)19/h4-14H,1-3H3. The summed E-state index contributed by atoms with van der Waals surface area (Å²) in [5.41, 5.74) is 1.09.